The van der Waals surface area contributed by atoms with Gasteiger partial charge in [-0.1, -0.05) is 30.3 Å². The predicted octanol–water partition coefficient (Wildman–Crippen LogP) is 3.50. The molecule has 142 valence electrons. The first-order valence-electron chi connectivity index (χ1n) is 9.47. The Balaban J connectivity index is 1.81. The van der Waals surface area contributed by atoms with E-state index in [1.54, 1.807) is 31.4 Å². The molecule has 28 heavy (non-hydrogen) atoms. The van der Waals surface area contributed by atoms with Crippen LogP contribution in [0.25, 0.3) is 11.3 Å². The number of H-pyrrole nitrogens is 1. The largest absolute Gasteiger partial charge is 0.358 e. The van der Waals surface area contributed by atoms with E-state index >= 15 is 0 Å². The molecule has 1 aliphatic rings. The van der Waals surface area contributed by atoms with Crippen LogP contribution in [0.1, 0.15) is 33.6 Å². The summed E-state index contributed by atoms with van der Waals surface area (Å²) in [6.45, 7) is 0. The van der Waals surface area contributed by atoms with Crippen molar-refractivity contribution in [1.82, 2.24) is 14.9 Å². The number of aromatic nitrogens is 2. The molecule has 5 heteroatoms. The van der Waals surface area contributed by atoms with Crippen LogP contribution >= 0.6 is 0 Å². The third kappa shape index (κ3) is 3.36. The molecule has 0 saturated heterocycles. The number of fused-ring (bicyclic) bond motifs is 1. The van der Waals surface area contributed by atoms with Gasteiger partial charge < -0.3 is 9.88 Å². The Hall–Kier alpha value is -3.21. The van der Waals surface area contributed by atoms with Gasteiger partial charge in [0.05, 0.1) is 11.6 Å². The van der Waals surface area contributed by atoms with Crippen molar-refractivity contribution >= 4 is 11.7 Å². The van der Waals surface area contributed by atoms with Crippen LogP contribution < -0.4 is 0 Å². The molecular weight excluding hydrogens is 350 g/mol. The average Bonchev–Trinajstić information content (AvgIpc) is 3.07. The minimum atomic E-state index is -0.302. The SMILES string of the molecule is CN(C)C(=O)C1CC(=O)c2c([nH]c(-c3ccncc3)c2Cc2ccccc2)C1. The molecule has 1 amide bonds. The summed E-state index contributed by atoms with van der Waals surface area (Å²) in [4.78, 5) is 34.7. The van der Waals surface area contributed by atoms with Crippen LogP contribution in [0.4, 0.5) is 0 Å². The van der Waals surface area contributed by atoms with Crippen LogP contribution in [0.2, 0.25) is 0 Å². The fourth-order valence-electron chi connectivity index (χ4n) is 4.01. The van der Waals surface area contributed by atoms with Gasteiger partial charge in [-0.05, 0) is 23.3 Å². The van der Waals surface area contributed by atoms with Crippen molar-refractivity contribution < 1.29 is 9.59 Å². The van der Waals surface area contributed by atoms with E-state index in [-0.39, 0.29) is 24.0 Å². The van der Waals surface area contributed by atoms with E-state index in [9.17, 15) is 9.59 Å². The van der Waals surface area contributed by atoms with Crippen molar-refractivity contribution in [3.05, 3.63) is 77.2 Å². The molecule has 1 aliphatic carbocycles. The summed E-state index contributed by atoms with van der Waals surface area (Å²) in [5.41, 5.74) is 5.74. The predicted molar refractivity (Wildman–Crippen MR) is 108 cm³/mol. The lowest BCUT2D eigenvalue weighted by Crippen LogP contribution is -2.35. The molecule has 4 rings (SSSR count). The molecule has 0 radical (unpaired) electrons. The zero-order valence-corrected chi connectivity index (χ0v) is 16.1. The standard InChI is InChI=1S/C23H23N3O2/c1-26(2)23(28)17-13-19-21(20(27)14-17)18(12-15-6-4-3-5-7-15)22(25-19)16-8-10-24-11-9-16/h3-11,17,25H,12-14H2,1-2H3. The number of nitrogens with one attached hydrogen (secondary N) is 1. The summed E-state index contributed by atoms with van der Waals surface area (Å²) in [5, 5.41) is 0. The van der Waals surface area contributed by atoms with Crippen molar-refractivity contribution in [2.75, 3.05) is 14.1 Å². The van der Waals surface area contributed by atoms with E-state index in [0.29, 0.717) is 12.8 Å². The van der Waals surface area contributed by atoms with Crippen molar-refractivity contribution in [2.24, 2.45) is 5.92 Å². The van der Waals surface area contributed by atoms with E-state index in [1.165, 1.54) is 0 Å². The molecule has 1 unspecified atom stereocenters. The fourth-order valence-corrected chi connectivity index (χ4v) is 4.01. The van der Waals surface area contributed by atoms with Crippen molar-refractivity contribution in [3.8, 4) is 11.3 Å². The molecule has 1 N–H and O–H groups in total. The molecule has 0 spiro atoms. The molecule has 0 saturated carbocycles. The Morgan fingerprint density at radius 1 is 1.11 bits per heavy atom. The van der Waals surface area contributed by atoms with Crippen LogP contribution in [0, 0.1) is 5.92 Å². The minimum absolute atomic E-state index is 0.00340. The van der Waals surface area contributed by atoms with Gasteiger partial charge in [-0.15, -0.1) is 0 Å². The molecule has 0 aliphatic heterocycles. The number of ketones is 1. The third-order valence-corrected chi connectivity index (χ3v) is 5.33. The van der Waals surface area contributed by atoms with E-state index in [2.05, 4.69) is 22.1 Å². The van der Waals surface area contributed by atoms with Crippen molar-refractivity contribution in [3.63, 3.8) is 0 Å². The third-order valence-electron chi connectivity index (χ3n) is 5.33. The number of nitrogens with zero attached hydrogens (tertiary/aromatic N) is 2. The van der Waals surface area contributed by atoms with Gasteiger partial charge in [-0.25, -0.2) is 0 Å². The maximum atomic E-state index is 13.1. The Morgan fingerprint density at radius 2 is 1.82 bits per heavy atom. The number of pyridine rings is 1. The molecule has 0 bridgehead atoms. The monoisotopic (exact) mass is 373 g/mol. The van der Waals surface area contributed by atoms with Gasteiger partial charge in [0, 0.05) is 62.6 Å². The Morgan fingerprint density at radius 3 is 2.50 bits per heavy atom. The molecule has 5 nitrogen and oxygen atoms in total. The van der Waals surface area contributed by atoms with Gasteiger partial charge in [0.25, 0.3) is 0 Å². The van der Waals surface area contributed by atoms with Gasteiger partial charge in [0.1, 0.15) is 0 Å². The summed E-state index contributed by atoms with van der Waals surface area (Å²) in [6.07, 6.45) is 5.00. The quantitative estimate of drug-likeness (QED) is 0.761. The zero-order valence-electron chi connectivity index (χ0n) is 16.1. The second-order valence-corrected chi connectivity index (χ2v) is 7.49. The molecule has 2 aromatic heterocycles. The van der Waals surface area contributed by atoms with Gasteiger partial charge in [0.2, 0.25) is 5.91 Å². The highest BCUT2D eigenvalue weighted by Gasteiger charge is 2.35. The van der Waals surface area contributed by atoms with Gasteiger partial charge in [-0.2, -0.15) is 0 Å². The first kappa shape index (κ1) is 18.2. The van der Waals surface area contributed by atoms with E-state index in [4.69, 9.17) is 0 Å². The number of benzene rings is 1. The topological polar surface area (TPSA) is 66.1 Å². The smallest absolute Gasteiger partial charge is 0.226 e. The van der Waals surface area contributed by atoms with Crippen LogP contribution in [0.5, 0.6) is 0 Å². The lowest BCUT2D eigenvalue weighted by molar-refractivity contribution is -0.133. The van der Waals surface area contributed by atoms with Crippen LogP contribution in [-0.2, 0) is 17.6 Å². The van der Waals surface area contributed by atoms with Gasteiger partial charge >= 0.3 is 0 Å². The number of amides is 1. The molecule has 0 fully saturated rings. The highest BCUT2D eigenvalue weighted by molar-refractivity contribution is 6.04. The number of carbonyl (C=O) groups excluding carboxylic acids is 2. The van der Waals surface area contributed by atoms with Gasteiger partial charge in [-0.3, -0.25) is 14.6 Å². The minimum Gasteiger partial charge on any atom is -0.358 e. The van der Waals surface area contributed by atoms with E-state index < -0.39 is 0 Å². The summed E-state index contributed by atoms with van der Waals surface area (Å²) in [5.74, 6) is -0.254. The van der Waals surface area contributed by atoms with E-state index in [1.807, 2.05) is 30.3 Å². The molecule has 2 heterocycles. The Labute approximate surface area is 164 Å². The number of carbonyl (C=O) groups is 2. The summed E-state index contributed by atoms with van der Waals surface area (Å²) >= 11 is 0. The Bertz CT molecular complexity index is 1010. The van der Waals surface area contributed by atoms with Crippen LogP contribution in [-0.4, -0.2) is 40.7 Å². The fraction of sp³-hybridized carbons (Fsp3) is 0.261. The second kappa shape index (κ2) is 7.43. The van der Waals surface area contributed by atoms with Crippen molar-refractivity contribution in [1.29, 1.82) is 0 Å². The lowest BCUT2D eigenvalue weighted by Gasteiger charge is -2.24. The molecule has 1 atom stereocenters. The first-order chi connectivity index (χ1) is 13.5. The highest BCUT2D eigenvalue weighted by atomic mass is 16.2. The zero-order chi connectivity index (χ0) is 19.7. The number of rotatable bonds is 4. The average molecular weight is 373 g/mol. The van der Waals surface area contributed by atoms with Crippen molar-refractivity contribution in [2.45, 2.75) is 19.3 Å². The Kier molecular flexibility index (Phi) is 4.82. The molecule has 1 aromatic carbocycles. The van der Waals surface area contributed by atoms with Crippen LogP contribution in [0.15, 0.2) is 54.9 Å². The number of hydrogen-bond acceptors (Lipinski definition) is 3. The first-order valence-corrected chi connectivity index (χ1v) is 9.47. The number of aromatic amines is 1. The molecular formula is C23H23N3O2. The number of hydrogen-bond donors (Lipinski definition) is 1. The summed E-state index contributed by atoms with van der Waals surface area (Å²) in [7, 11) is 3.47. The van der Waals surface area contributed by atoms with E-state index in [0.717, 1.165) is 33.6 Å². The molecule has 3 aromatic rings. The summed E-state index contributed by atoms with van der Waals surface area (Å²) < 4.78 is 0. The highest BCUT2D eigenvalue weighted by Crippen LogP contribution is 2.36. The maximum Gasteiger partial charge on any atom is 0.226 e. The summed E-state index contributed by atoms with van der Waals surface area (Å²) in [6, 6.07) is 14.0. The van der Waals surface area contributed by atoms with Gasteiger partial charge in [0.15, 0.2) is 5.78 Å². The maximum absolute atomic E-state index is 13.1. The number of Topliss-reactive ketones (excluding diaryl/α,β-unsaturated/α-hetero) is 1. The second-order valence-electron chi connectivity index (χ2n) is 7.49. The van der Waals surface area contributed by atoms with Crippen LogP contribution in [0.3, 0.4) is 0 Å². The lowest BCUT2D eigenvalue weighted by atomic mass is 9.83. The normalized spacial score (nSPS) is 15.9.